The van der Waals surface area contributed by atoms with Crippen molar-refractivity contribution in [3.8, 4) is 0 Å². The molecule has 1 unspecified atom stereocenters. The molecule has 1 aliphatic rings. The molecular formula is C18H30N2. The van der Waals surface area contributed by atoms with Gasteiger partial charge in [0.2, 0.25) is 0 Å². The topological polar surface area (TPSA) is 29.3 Å². The van der Waals surface area contributed by atoms with Gasteiger partial charge in [0.25, 0.3) is 0 Å². The molecule has 0 amide bonds. The summed E-state index contributed by atoms with van der Waals surface area (Å²) >= 11 is 0. The standard InChI is InChI=1S/C18H30N2/c1-4-18(5-2)11-13-20(14-18)12-10-15(3)16-6-8-17(19)9-7-16/h6-9,15H,4-5,10-14,19H2,1-3H3. The second-order valence-corrected chi connectivity index (χ2v) is 6.59. The molecule has 2 N–H and O–H groups in total. The van der Waals surface area contributed by atoms with Crippen molar-refractivity contribution in [3.63, 3.8) is 0 Å². The monoisotopic (exact) mass is 274 g/mol. The Morgan fingerprint density at radius 3 is 2.40 bits per heavy atom. The van der Waals surface area contributed by atoms with E-state index in [9.17, 15) is 0 Å². The predicted molar refractivity (Wildman–Crippen MR) is 88.0 cm³/mol. The molecular weight excluding hydrogens is 244 g/mol. The summed E-state index contributed by atoms with van der Waals surface area (Å²) < 4.78 is 0. The maximum atomic E-state index is 5.75. The van der Waals surface area contributed by atoms with Gasteiger partial charge in [0, 0.05) is 12.2 Å². The lowest BCUT2D eigenvalue weighted by Crippen LogP contribution is -2.27. The summed E-state index contributed by atoms with van der Waals surface area (Å²) in [6.45, 7) is 10.8. The van der Waals surface area contributed by atoms with Gasteiger partial charge in [0.15, 0.2) is 0 Å². The second kappa shape index (κ2) is 6.62. The van der Waals surface area contributed by atoms with Crippen LogP contribution in [0, 0.1) is 5.41 Å². The first-order valence-electron chi connectivity index (χ1n) is 8.16. The molecule has 1 aliphatic heterocycles. The van der Waals surface area contributed by atoms with Crippen molar-refractivity contribution < 1.29 is 0 Å². The molecule has 20 heavy (non-hydrogen) atoms. The van der Waals surface area contributed by atoms with Crippen LogP contribution in [-0.2, 0) is 0 Å². The minimum atomic E-state index is 0.602. The predicted octanol–water partition coefficient (Wildman–Crippen LogP) is 4.27. The molecule has 1 aromatic rings. The van der Waals surface area contributed by atoms with E-state index < -0.39 is 0 Å². The summed E-state index contributed by atoms with van der Waals surface area (Å²) in [5, 5.41) is 0. The molecule has 0 spiro atoms. The molecule has 1 fully saturated rings. The van der Waals surface area contributed by atoms with E-state index in [-0.39, 0.29) is 0 Å². The van der Waals surface area contributed by atoms with E-state index in [0.29, 0.717) is 11.3 Å². The van der Waals surface area contributed by atoms with Gasteiger partial charge in [0.1, 0.15) is 0 Å². The Morgan fingerprint density at radius 1 is 1.20 bits per heavy atom. The Balaban J connectivity index is 1.82. The number of rotatable bonds is 6. The molecule has 0 radical (unpaired) electrons. The molecule has 112 valence electrons. The summed E-state index contributed by atoms with van der Waals surface area (Å²) in [5.41, 5.74) is 8.62. The number of hydrogen-bond donors (Lipinski definition) is 1. The van der Waals surface area contributed by atoms with Crippen molar-refractivity contribution in [2.45, 2.75) is 52.4 Å². The summed E-state index contributed by atoms with van der Waals surface area (Å²) in [6.07, 6.45) is 5.28. The van der Waals surface area contributed by atoms with Crippen molar-refractivity contribution in [2.24, 2.45) is 5.41 Å². The van der Waals surface area contributed by atoms with Crippen LogP contribution in [0.5, 0.6) is 0 Å². The normalized spacial score (nSPS) is 20.1. The van der Waals surface area contributed by atoms with E-state index in [4.69, 9.17) is 5.73 Å². The fourth-order valence-corrected chi connectivity index (χ4v) is 3.41. The Labute approximate surface area is 124 Å². The lowest BCUT2D eigenvalue weighted by Gasteiger charge is -2.27. The van der Waals surface area contributed by atoms with Crippen molar-refractivity contribution in [1.29, 1.82) is 0 Å². The zero-order valence-electron chi connectivity index (χ0n) is 13.4. The van der Waals surface area contributed by atoms with Gasteiger partial charge in [-0.2, -0.15) is 0 Å². The summed E-state index contributed by atoms with van der Waals surface area (Å²) in [4.78, 5) is 2.67. The van der Waals surface area contributed by atoms with Crippen molar-refractivity contribution in [3.05, 3.63) is 29.8 Å². The van der Waals surface area contributed by atoms with Gasteiger partial charge in [-0.05, 0) is 67.8 Å². The highest BCUT2D eigenvalue weighted by atomic mass is 15.2. The number of benzene rings is 1. The third-order valence-corrected chi connectivity index (χ3v) is 5.40. The minimum absolute atomic E-state index is 0.602. The zero-order valence-corrected chi connectivity index (χ0v) is 13.4. The SMILES string of the molecule is CCC1(CC)CCN(CCC(C)c2ccc(N)cc2)C1. The molecule has 2 rings (SSSR count). The van der Waals surface area contributed by atoms with Gasteiger partial charge < -0.3 is 10.6 Å². The van der Waals surface area contributed by atoms with Gasteiger partial charge >= 0.3 is 0 Å². The second-order valence-electron chi connectivity index (χ2n) is 6.59. The van der Waals surface area contributed by atoms with Crippen LogP contribution in [0.2, 0.25) is 0 Å². The first-order valence-corrected chi connectivity index (χ1v) is 8.16. The van der Waals surface area contributed by atoms with Crippen molar-refractivity contribution in [2.75, 3.05) is 25.4 Å². The lowest BCUT2D eigenvalue weighted by molar-refractivity contribution is 0.236. The van der Waals surface area contributed by atoms with E-state index in [1.807, 2.05) is 12.1 Å². The number of hydrogen-bond acceptors (Lipinski definition) is 2. The highest BCUT2D eigenvalue weighted by Gasteiger charge is 2.34. The number of nitrogens with zero attached hydrogens (tertiary/aromatic N) is 1. The molecule has 0 saturated carbocycles. The molecule has 1 aromatic carbocycles. The van der Waals surface area contributed by atoms with E-state index in [1.54, 1.807) is 0 Å². The van der Waals surface area contributed by atoms with E-state index in [0.717, 1.165) is 5.69 Å². The molecule has 1 heterocycles. The number of nitrogens with two attached hydrogens (primary N) is 1. The van der Waals surface area contributed by atoms with Gasteiger partial charge in [-0.25, -0.2) is 0 Å². The number of anilines is 1. The van der Waals surface area contributed by atoms with Crippen LogP contribution in [0.15, 0.2) is 24.3 Å². The van der Waals surface area contributed by atoms with Crippen LogP contribution >= 0.6 is 0 Å². The van der Waals surface area contributed by atoms with E-state index >= 15 is 0 Å². The molecule has 1 atom stereocenters. The fraction of sp³-hybridized carbons (Fsp3) is 0.667. The number of likely N-dealkylation sites (tertiary alicyclic amines) is 1. The van der Waals surface area contributed by atoms with Gasteiger partial charge in [-0.3, -0.25) is 0 Å². The summed E-state index contributed by atoms with van der Waals surface area (Å²) in [5.74, 6) is 0.619. The fourth-order valence-electron chi connectivity index (χ4n) is 3.41. The first-order chi connectivity index (χ1) is 9.58. The third kappa shape index (κ3) is 3.54. The quantitative estimate of drug-likeness (QED) is 0.785. The van der Waals surface area contributed by atoms with Crippen LogP contribution < -0.4 is 5.73 Å². The van der Waals surface area contributed by atoms with Crippen LogP contribution in [0.3, 0.4) is 0 Å². The summed E-state index contributed by atoms with van der Waals surface area (Å²) in [7, 11) is 0. The molecule has 0 bridgehead atoms. The third-order valence-electron chi connectivity index (χ3n) is 5.40. The van der Waals surface area contributed by atoms with E-state index in [2.05, 4.69) is 37.8 Å². The van der Waals surface area contributed by atoms with Crippen molar-refractivity contribution in [1.82, 2.24) is 4.90 Å². The van der Waals surface area contributed by atoms with Crippen LogP contribution in [0.25, 0.3) is 0 Å². The molecule has 0 aromatic heterocycles. The molecule has 0 aliphatic carbocycles. The average molecular weight is 274 g/mol. The Morgan fingerprint density at radius 2 is 1.85 bits per heavy atom. The largest absolute Gasteiger partial charge is 0.399 e. The zero-order chi connectivity index (χ0) is 14.6. The van der Waals surface area contributed by atoms with Crippen molar-refractivity contribution >= 4 is 5.69 Å². The van der Waals surface area contributed by atoms with Gasteiger partial charge in [-0.1, -0.05) is 32.9 Å². The maximum absolute atomic E-state index is 5.75. The lowest BCUT2D eigenvalue weighted by atomic mass is 9.82. The smallest absolute Gasteiger partial charge is 0.0314 e. The van der Waals surface area contributed by atoms with E-state index in [1.165, 1.54) is 50.9 Å². The Kier molecular flexibility index (Phi) is 5.09. The molecule has 2 nitrogen and oxygen atoms in total. The average Bonchev–Trinajstić information content (AvgIpc) is 2.90. The highest BCUT2D eigenvalue weighted by Crippen LogP contribution is 2.37. The minimum Gasteiger partial charge on any atom is -0.399 e. The maximum Gasteiger partial charge on any atom is 0.0314 e. The molecule has 1 saturated heterocycles. The summed E-state index contributed by atoms with van der Waals surface area (Å²) in [6, 6.07) is 8.38. The van der Waals surface area contributed by atoms with Crippen LogP contribution in [0.1, 0.15) is 57.9 Å². The molecule has 2 heteroatoms. The highest BCUT2D eigenvalue weighted by molar-refractivity contribution is 5.40. The number of nitrogen functional groups attached to an aromatic ring is 1. The van der Waals surface area contributed by atoms with Crippen LogP contribution in [0.4, 0.5) is 5.69 Å². The van der Waals surface area contributed by atoms with Crippen LogP contribution in [-0.4, -0.2) is 24.5 Å². The van der Waals surface area contributed by atoms with Gasteiger partial charge in [-0.15, -0.1) is 0 Å². The Bertz CT molecular complexity index is 406. The van der Waals surface area contributed by atoms with Gasteiger partial charge in [0.05, 0.1) is 0 Å². The first kappa shape index (κ1) is 15.4. The Hall–Kier alpha value is -1.02.